The highest BCUT2D eigenvalue weighted by Gasteiger charge is 2.21. The van der Waals surface area contributed by atoms with E-state index in [2.05, 4.69) is 18.7 Å². The zero-order valence-corrected chi connectivity index (χ0v) is 10.1. The van der Waals surface area contributed by atoms with Crippen LogP contribution in [0, 0.1) is 0 Å². The lowest BCUT2D eigenvalue weighted by Gasteiger charge is -2.35. The summed E-state index contributed by atoms with van der Waals surface area (Å²) in [5, 5.41) is 8.66. The van der Waals surface area contributed by atoms with Gasteiger partial charge in [0.2, 0.25) is 0 Å². The van der Waals surface area contributed by atoms with Crippen LogP contribution in [-0.2, 0) is 4.74 Å². The van der Waals surface area contributed by atoms with Gasteiger partial charge in [0.25, 0.3) is 0 Å². The number of aliphatic hydroxyl groups is 1. The summed E-state index contributed by atoms with van der Waals surface area (Å²) in [5.74, 6) is 0. The molecule has 1 rings (SSSR count). The van der Waals surface area contributed by atoms with Crippen molar-refractivity contribution in [2.75, 3.05) is 26.2 Å². The second kappa shape index (κ2) is 7.20. The minimum Gasteiger partial charge on any atom is -0.396 e. The highest BCUT2D eigenvalue weighted by atomic mass is 16.5. The summed E-state index contributed by atoms with van der Waals surface area (Å²) < 4.78 is 5.69. The molecule has 2 atom stereocenters. The Morgan fingerprint density at radius 3 is 2.27 bits per heavy atom. The van der Waals surface area contributed by atoms with E-state index < -0.39 is 0 Å². The Morgan fingerprint density at radius 2 is 1.67 bits per heavy atom. The monoisotopic (exact) mass is 215 g/mol. The average molecular weight is 215 g/mol. The molecular weight excluding hydrogens is 190 g/mol. The SMILES string of the molecule is C[C@@H]1CN(CCCCCCO)C[C@@H](C)O1. The van der Waals surface area contributed by atoms with Gasteiger partial charge in [-0.1, -0.05) is 12.8 Å². The minimum absolute atomic E-state index is 0.339. The van der Waals surface area contributed by atoms with Crippen LogP contribution in [0.15, 0.2) is 0 Å². The summed E-state index contributed by atoms with van der Waals surface area (Å²) in [7, 11) is 0. The summed E-state index contributed by atoms with van der Waals surface area (Å²) in [6, 6.07) is 0. The van der Waals surface area contributed by atoms with Crippen molar-refractivity contribution in [3.8, 4) is 0 Å². The van der Waals surface area contributed by atoms with Crippen molar-refractivity contribution in [3.63, 3.8) is 0 Å². The van der Waals surface area contributed by atoms with Crippen molar-refractivity contribution >= 4 is 0 Å². The lowest BCUT2D eigenvalue weighted by Crippen LogP contribution is -2.45. The molecule has 0 amide bonds. The van der Waals surface area contributed by atoms with Crippen molar-refractivity contribution in [1.29, 1.82) is 0 Å². The van der Waals surface area contributed by atoms with E-state index in [0.29, 0.717) is 18.8 Å². The van der Waals surface area contributed by atoms with E-state index in [0.717, 1.165) is 25.9 Å². The molecule has 1 aliphatic heterocycles. The molecular formula is C12H25NO2. The van der Waals surface area contributed by atoms with Gasteiger partial charge in [0.05, 0.1) is 12.2 Å². The third-order valence-electron chi connectivity index (χ3n) is 2.88. The average Bonchev–Trinajstić information content (AvgIpc) is 2.16. The van der Waals surface area contributed by atoms with E-state index in [9.17, 15) is 0 Å². The number of nitrogens with zero attached hydrogens (tertiary/aromatic N) is 1. The normalized spacial score (nSPS) is 28.2. The number of hydrogen-bond acceptors (Lipinski definition) is 3. The van der Waals surface area contributed by atoms with Crippen LogP contribution in [0.2, 0.25) is 0 Å². The maximum absolute atomic E-state index is 8.66. The number of unbranched alkanes of at least 4 members (excludes halogenated alkanes) is 3. The van der Waals surface area contributed by atoms with Crippen molar-refractivity contribution in [3.05, 3.63) is 0 Å². The third-order valence-corrected chi connectivity index (χ3v) is 2.88. The second-order valence-electron chi connectivity index (χ2n) is 4.65. The van der Waals surface area contributed by atoms with Gasteiger partial charge in [-0.05, 0) is 33.2 Å². The van der Waals surface area contributed by atoms with Crippen molar-refractivity contribution in [2.24, 2.45) is 0 Å². The molecule has 3 heteroatoms. The van der Waals surface area contributed by atoms with Crippen LogP contribution in [0.3, 0.4) is 0 Å². The lowest BCUT2D eigenvalue weighted by molar-refractivity contribution is -0.0681. The summed E-state index contributed by atoms with van der Waals surface area (Å²) in [4.78, 5) is 2.50. The topological polar surface area (TPSA) is 32.7 Å². The van der Waals surface area contributed by atoms with Crippen LogP contribution in [0.25, 0.3) is 0 Å². The van der Waals surface area contributed by atoms with Gasteiger partial charge in [0.1, 0.15) is 0 Å². The van der Waals surface area contributed by atoms with E-state index >= 15 is 0 Å². The summed E-state index contributed by atoms with van der Waals surface area (Å²) in [6.45, 7) is 7.96. The predicted molar refractivity (Wildman–Crippen MR) is 62.0 cm³/mol. The summed E-state index contributed by atoms with van der Waals surface area (Å²) >= 11 is 0. The van der Waals surface area contributed by atoms with E-state index in [4.69, 9.17) is 9.84 Å². The largest absolute Gasteiger partial charge is 0.396 e. The molecule has 0 radical (unpaired) electrons. The minimum atomic E-state index is 0.339. The first-order valence-electron chi connectivity index (χ1n) is 6.21. The van der Waals surface area contributed by atoms with Crippen LogP contribution in [0.5, 0.6) is 0 Å². The Kier molecular flexibility index (Phi) is 6.22. The van der Waals surface area contributed by atoms with Crippen LogP contribution in [0.4, 0.5) is 0 Å². The van der Waals surface area contributed by atoms with Gasteiger partial charge < -0.3 is 9.84 Å². The van der Waals surface area contributed by atoms with Crippen LogP contribution < -0.4 is 0 Å². The zero-order chi connectivity index (χ0) is 11.1. The number of hydrogen-bond donors (Lipinski definition) is 1. The van der Waals surface area contributed by atoms with Crippen LogP contribution in [-0.4, -0.2) is 48.5 Å². The van der Waals surface area contributed by atoms with E-state index in [-0.39, 0.29) is 0 Å². The summed E-state index contributed by atoms with van der Waals surface area (Å²) in [5.41, 5.74) is 0. The van der Waals surface area contributed by atoms with Crippen LogP contribution >= 0.6 is 0 Å². The molecule has 0 unspecified atom stereocenters. The fraction of sp³-hybridized carbons (Fsp3) is 1.00. The van der Waals surface area contributed by atoms with Gasteiger partial charge in [-0.3, -0.25) is 4.90 Å². The molecule has 0 aromatic heterocycles. The van der Waals surface area contributed by atoms with Gasteiger partial charge in [0.15, 0.2) is 0 Å². The van der Waals surface area contributed by atoms with E-state index in [1.54, 1.807) is 0 Å². The molecule has 1 N–H and O–H groups in total. The third kappa shape index (κ3) is 5.50. The molecule has 0 saturated carbocycles. The molecule has 0 spiro atoms. The highest BCUT2D eigenvalue weighted by molar-refractivity contribution is 4.72. The van der Waals surface area contributed by atoms with Crippen molar-refractivity contribution in [1.82, 2.24) is 4.90 Å². The van der Waals surface area contributed by atoms with Crippen LogP contribution in [0.1, 0.15) is 39.5 Å². The predicted octanol–water partition coefficient (Wildman–Crippen LogP) is 1.65. The van der Waals surface area contributed by atoms with Gasteiger partial charge in [-0.15, -0.1) is 0 Å². The Labute approximate surface area is 93.4 Å². The highest BCUT2D eigenvalue weighted by Crippen LogP contribution is 2.11. The number of aliphatic hydroxyl groups excluding tert-OH is 1. The number of rotatable bonds is 6. The molecule has 1 saturated heterocycles. The fourth-order valence-corrected chi connectivity index (χ4v) is 2.27. The molecule has 1 fully saturated rings. The van der Waals surface area contributed by atoms with Crippen molar-refractivity contribution < 1.29 is 9.84 Å². The molecule has 1 aliphatic rings. The van der Waals surface area contributed by atoms with Gasteiger partial charge in [-0.25, -0.2) is 0 Å². The fourth-order valence-electron chi connectivity index (χ4n) is 2.27. The summed E-state index contributed by atoms with van der Waals surface area (Å²) in [6.07, 6.45) is 5.36. The quantitative estimate of drug-likeness (QED) is 0.684. The first-order chi connectivity index (χ1) is 7.22. The molecule has 0 aromatic carbocycles. The van der Waals surface area contributed by atoms with E-state index in [1.807, 2.05) is 0 Å². The Balaban J connectivity index is 2.04. The molecule has 90 valence electrons. The Morgan fingerprint density at radius 1 is 1.07 bits per heavy atom. The molecule has 1 heterocycles. The van der Waals surface area contributed by atoms with E-state index in [1.165, 1.54) is 19.4 Å². The maximum atomic E-state index is 8.66. The Bertz CT molecular complexity index is 154. The lowest BCUT2D eigenvalue weighted by atomic mass is 10.1. The standard InChI is InChI=1S/C12H25NO2/c1-11-9-13(10-12(2)15-11)7-5-3-4-6-8-14/h11-12,14H,3-10H2,1-2H3/t11-,12-/m1/s1. The molecule has 0 aromatic rings. The zero-order valence-electron chi connectivity index (χ0n) is 10.1. The van der Waals surface area contributed by atoms with Crippen molar-refractivity contribution in [2.45, 2.75) is 51.7 Å². The van der Waals surface area contributed by atoms with Gasteiger partial charge in [0, 0.05) is 19.7 Å². The Hall–Kier alpha value is -0.120. The van der Waals surface area contributed by atoms with Gasteiger partial charge in [-0.2, -0.15) is 0 Å². The molecule has 3 nitrogen and oxygen atoms in total. The molecule has 0 bridgehead atoms. The first kappa shape index (κ1) is 12.9. The smallest absolute Gasteiger partial charge is 0.0678 e. The second-order valence-corrected chi connectivity index (χ2v) is 4.65. The van der Waals surface area contributed by atoms with Gasteiger partial charge >= 0.3 is 0 Å². The molecule has 0 aliphatic carbocycles. The number of ether oxygens (including phenoxy) is 1. The number of morpholine rings is 1. The maximum Gasteiger partial charge on any atom is 0.0678 e. The first-order valence-corrected chi connectivity index (χ1v) is 6.21. The molecule has 15 heavy (non-hydrogen) atoms.